The number of rotatable bonds is 4. The van der Waals surface area contributed by atoms with E-state index in [-0.39, 0.29) is 0 Å². The minimum Gasteiger partial charge on any atom is -0.309 e. The molecule has 0 bridgehead atoms. The first-order valence-electron chi connectivity index (χ1n) is 13.3. The van der Waals surface area contributed by atoms with Crippen molar-refractivity contribution < 1.29 is 0 Å². The van der Waals surface area contributed by atoms with Crippen LogP contribution in [-0.4, -0.2) is 9.55 Å². The molecule has 0 atom stereocenters. The molecular weight excluding hydrogens is 472 g/mol. The second-order valence-electron chi connectivity index (χ2n) is 10.1. The Labute approximate surface area is 226 Å². The van der Waals surface area contributed by atoms with Gasteiger partial charge in [0, 0.05) is 27.6 Å². The summed E-state index contributed by atoms with van der Waals surface area (Å²) in [5.41, 5.74) is 10.2. The molecule has 0 amide bonds. The Kier molecular flexibility index (Phi) is 4.86. The second kappa shape index (κ2) is 8.68. The maximum absolute atomic E-state index is 5.04. The van der Waals surface area contributed by atoms with Gasteiger partial charge in [-0.25, -0.2) is 4.98 Å². The first kappa shape index (κ1) is 21.8. The summed E-state index contributed by atoms with van der Waals surface area (Å²) in [5, 5.41) is 5.24. The Morgan fingerprint density at radius 3 is 1.41 bits per heavy atom. The fourth-order valence-corrected chi connectivity index (χ4v) is 5.91. The third-order valence-corrected chi connectivity index (χ3v) is 7.75. The van der Waals surface area contributed by atoms with Gasteiger partial charge in [-0.05, 0) is 58.3 Å². The van der Waals surface area contributed by atoms with Crippen molar-refractivity contribution in [2.24, 2.45) is 0 Å². The molecule has 2 heterocycles. The zero-order chi connectivity index (χ0) is 25.8. The lowest BCUT2D eigenvalue weighted by Crippen LogP contribution is -1.94. The van der Waals surface area contributed by atoms with Crippen LogP contribution in [-0.2, 0) is 0 Å². The van der Waals surface area contributed by atoms with Crippen LogP contribution in [0.4, 0.5) is 0 Å². The van der Waals surface area contributed by atoms with E-state index < -0.39 is 0 Å². The van der Waals surface area contributed by atoms with E-state index in [2.05, 4.69) is 138 Å². The lowest BCUT2D eigenvalue weighted by molar-refractivity contribution is 1.18. The van der Waals surface area contributed by atoms with Gasteiger partial charge in [0.05, 0.1) is 22.4 Å². The monoisotopic (exact) mass is 496 g/mol. The molecule has 0 aliphatic heterocycles. The zero-order valence-electron chi connectivity index (χ0n) is 21.3. The molecule has 0 N–H and O–H groups in total. The minimum absolute atomic E-state index is 0.976. The van der Waals surface area contributed by atoms with Crippen LogP contribution in [0.1, 0.15) is 0 Å². The Balaban J connectivity index is 1.29. The van der Waals surface area contributed by atoms with Crippen molar-refractivity contribution in [2.75, 3.05) is 0 Å². The fraction of sp³-hybridized carbons (Fsp3) is 0. The summed E-state index contributed by atoms with van der Waals surface area (Å²) in [6, 6.07) is 51.8. The van der Waals surface area contributed by atoms with Crippen molar-refractivity contribution in [1.29, 1.82) is 0 Å². The summed E-state index contributed by atoms with van der Waals surface area (Å²) in [4.78, 5) is 5.04. The molecule has 0 saturated heterocycles. The summed E-state index contributed by atoms with van der Waals surface area (Å²) < 4.78 is 2.39. The quantitative estimate of drug-likeness (QED) is 0.222. The molecule has 39 heavy (non-hydrogen) atoms. The standard InChI is InChI=1S/C37H24N2/c1-3-9-26(10-4-1)32-23-30(24-33(38-32)27-11-5-2-6-12-27)25-19-21-31(22-20-25)39-34-15-7-13-28-17-18-29-14-8-16-35(39)37(29)36(28)34/h1-24H. The smallest absolute Gasteiger partial charge is 0.0715 e. The first-order valence-corrected chi connectivity index (χ1v) is 13.3. The van der Waals surface area contributed by atoms with E-state index in [1.807, 2.05) is 12.1 Å². The van der Waals surface area contributed by atoms with E-state index in [1.165, 1.54) is 38.1 Å². The topological polar surface area (TPSA) is 17.8 Å². The summed E-state index contributed by atoms with van der Waals surface area (Å²) >= 11 is 0. The normalized spacial score (nSPS) is 11.6. The van der Waals surface area contributed by atoms with Crippen LogP contribution in [0.3, 0.4) is 0 Å². The SMILES string of the molecule is c1ccc(-c2cc(-c3ccc(-n4c5cccc6ccc7cccc4c7c65)cc3)cc(-c3ccccc3)n2)cc1. The van der Waals surface area contributed by atoms with E-state index in [9.17, 15) is 0 Å². The van der Waals surface area contributed by atoms with Gasteiger partial charge in [-0.2, -0.15) is 0 Å². The Hall–Kier alpha value is -5.21. The van der Waals surface area contributed by atoms with E-state index in [0.29, 0.717) is 0 Å². The molecule has 2 heteroatoms. The summed E-state index contributed by atoms with van der Waals surface area (Å²) in [7, 11) is 0. The average molecular weight is 497 g/mol. The van der Waals surface area contributed by atoms with Crippen molar-refractivity contribution in [3.05, 3.63) is 146 Å². The minimum atomic E-state index is 0.976. The van der Waals surface area contributed by atoms with Crippen molar-refractivity contribution >= 4 is 32.6 Å². The molecule has 0 saturated carbocycles. The molecule has 8 rings (SSSR count). The number of pyridine rings is 1. The molecule has 8 aromatic rings. The number of nitrogens with zero attached hydrogens (tertiary/aromatic N) is 2. The summed E-state index contributed by atoms with van der Waals surface area (Å²) in [5.74, 6) is 0. The molecule has 0 spiro atoms. The maximum Gasteiger partial charge on any atom is 0.0715 e. The van der Waals surface area contributed by atoms with Crippen LogP contribution in [0, 0.1) is 0 Å². The van der Waals surface area contributed by atoms with E-state index in [0.717, 1.165) is 33.8 Å². The Morgan fingerprint density at radius 2 is 0.897 bits per heavy atom. The highest BCUT2D eigenvalue weighted by Gasteiger charge is 2.16. The molecule has 2 nitrogen and oxygen atoms in total. The van der Waals surface area contributed by atoms with Gasteiger partial charge in [-0.15, -0.1) is 0 Å². The van der Waals surface area contributed by atoms with Crippen LogP contribution < -0.4 is 0 Å². The molecular formula is C37H24N2. The van der Waals surface area contributed by atoms with E-state index in [4.69, 9.17) is 4.98 Å². The molecule has 0 aliphatic rings. The van der Waals surface area contributed by atoms with Crippen molar-refractivity contribution in [3.63, 3.8) is 0 Å². The number of hydrogen-bond acceptors (Lipinski definition) is 1. The van der Waals surface area contributed by atoms with Gasteiger partial charge in [0.2, 0.25) is 0 Å². The van der Waals surface area contributed by atoms with Crippen molar-refractivity contribution in [2.45, 2.75) is 0 Å². The number of aromatic nitrogens is 2. The van der Waals surface area contributed by atoms with Gasteiger partial charge in [0.1, 0.15) is 0 Å². The van der Waals surface area contributed by atoms with Crippen molar-refractivity contribution in [3.8, 4) is 39.3 Å². The van der Waals surface area contributed by atoms with Crippen LogP contribution in [0.2, 0.25) is 0 Å². The van der Waals surface area contributed by atoms with Crippen LogP contribution >= 0.6 is 0 Å². The maximum atomic E-state index is 5.04. The highest BCUT2D eigenvalue weighted by Crippen LogP contribution is 2.39. The molecule has 0 aliphatic carbocycles. The van der Waals surface area contributed by atoms with Crippen LogP contribution in [0.5, 0.6) is 0 Å². The summed E-state index contributed by atoms with van der Waals surface area (Å²) in [6.45, 7) is 0. The Bertz CT molecular complexity index is 1960. The molecule has 0 unspecified atom stereocenters. The number of benzene rings is 6. The fourth-order valence-electron chi connectivity index (χ4n) is 5.91. The van der Waals surface area contributed by atoms with Gasteiger partial charge >= 0.3 is 0 Å². The second-order valence-corrected chi connectivity index (χ2v) is 10.1. The summed E-state index contributed by atoms with van der Waals surface area (Å²) in [6.07, 6.45) is 0. The number of hydrogen-bond donors (Lipinski definition) is 0. The molecule has 0 radical (unpaired) electrons. The third kappa shape index (κ3) is 3.53. The average Bonchev–Trinajstić information content (AvgIpc) is 3.36. The van der Waals surface area contributed by atoms with Gasteiger partial charge in [-0.1, -0.05) is 109 Å². The molecule has 182 valence electrons. The van der Waals surface area contributed by atoms with Gasteiger partial charge in [0.15, 0.2) is 0 Å². The van der Waals surface area contributed by atoms with E-state index in [1.54, 1.807) is 0 Å². The van der Waals surface area contributed by atoms with Crippen molar-refractivity contribution in [1.82, 2.24) is 9.55 Å². The molecule has 6 aromatic carbocycles. The highest BCUT2D eigenvalue weighted by molar-refractivity contribution is 6.24. The molecule has 0 fully saturated rings. The Morgan fingerprint density at radius 1 is 0.385 bits per heavy atom. The van der Waals surface area contributed by atoms with Gasteiger partial charge < -0.3 is 4.57 Å². The predicted octanol–water partition coefficient (Wildman–Crippen LogP) is 9.77. The van der Waals surface area contributed by atoms with Gasteiger partial charge in [0.25, 0.3) is 0 Å². The largest absolute Gasteiger partial charge is 0.309 e. The first-order chi connectivity index (χ1) is 19.3. The van der Waals surface area contributed by atoms with Crippen LogP contribution in [0.15, 0.2) is 146 Å². The highest BCUT2D eigenvalue weighted by atomic mass is 15.0. The van der Waals surface area contributed by atoms with Gasteiger partial charge in [-0.3, -0.25) is 0 Å². The van der Waals surface area contributed by atoms with E-state index >= 15 is 0 Å². The van der Waals surface area contributed by atoms with Crippen LogP contribution in [0.25, 0.3) is 71.9 Å². The lowest BCUT2D eigenvalue weighted by Gasteiger charge is -2.12. The molecule has 2 aromatic heterocycles. The third-order valence-electron chi connectivity index (χ3n) is 7.75. The predicted molar refractivity (Wildman–Crippen MR) is 164 cm³/mol. The zero-order valence-corrected chi connectivity index (χ0v) is 21.3. The lowest BCUT2D eigenvalue weighted by atomic mass is 10.00.